The first-order valence-corrected chi connectivity index (χ1v) is 10.6. The van der Waals surface area contributed by atoms with Crippen molar-refractivity contribution in [1.29, 1.82) is 0 Å². The van der Waals surface area contributed by atoms with E-state index in [1.807, 2.05) is 16.7 Å². The summed E-state index contributed by atoms with van der Waals surface area (Å²) in [5.74, 6) is 1.19. The van der Waals surface area contributed by atoms with Crippen LogP contribution in [0.5, 0.6) is 0 Å². The number of fused-ring (bicyclic) bond motifs is 5. The first-order chi connectivity index (χ1) is 14.3. The summed E-state index contributed by atoms with van der Waals surface area (Å²) in [5.41, 5.74) is 1.91. The molecule has 0 spiro atoms. The van der Waals surface area contributed by atoms with E-state index in [-0.39, 0.29) is 11.9 Å². The van der Waals surface area contributed by atoms with Crippen molar-refractivity contribution < 1.29 is 4.79 Å². The molecule has 3 aliphatic heterocycles. The number of aryl methyl sites for hydroxylation is 1. The molecular weight excluding hydrogens is 362 g/mol. The molecule has 6 heteroatoms. The topological polar surface area (TPSA) is 53.7 Å². The van der Waals surface area contributed by atoms with Crippen molar-refractivity contribution in [2.24, 2.45) is 5.92 Å². The predicted molar refractivity (Wildman–Crippen MR) is 112 cm³/mol. The Hall–Kier alpha value is -2.73. The predicted octanol–water partition coefficient (Wildman–Crippen LogP) is 2.90. The third-order valence-corrected chi connectivity index (χ3v) is 6.29. The smallest absolute Gasteiger partial charge is 0.274 e. The fourth-order valence-electron chi connectivity index (χ4n) is 4.84. The van der Waals surface area contributed by atoms with Gasteiger partial charge >= 0.3 is 0 Å². The maximum atomic E-state index is 13.2. The molecule has 3 saturated heterocycles. The molecule has 0 unspecified atom stereocenters. The van der Waals surface area contributed by atoms with Gasteiger partial charge in [0.15, 0.2) is 0 Å². The normalized spacial score (nSPS) is 22.1. The van der Waals surface area contributed by atoms with Crippen LogP contribution >= 0.6 is 0 Å². The van der Waals surface area contributed by atoms with E-state index in [4.69, 9.17) is 0 Å². The quantitative estimate of drug-likeness (QED) is 0.673. The second-order valence-electron chi connectivity index (χ2n) is 8.36. The highest BCUT2D eigenvalue weighted by molar-refractivity contribution is 5.93. The van der Waals surface area contributed by atoms with Crippen LogP contribution in [0.3, 0.4) is 0 Å². The van der Waals surface area contributed by atoms with Gasteiger partial charge in [0, 0.05) is 44.3 Å². The number of nitrogens with zero attached hydrogens (tertiary/aromatic N) is 5. The molecule has 2 bridgehead atoms. The van der Waals surface area contributed by atoms with E-state index in [9.17, 15) is 4.79 Å². The largest absolute Gasteiger partial charge is 0.333 e. The van der Waals surface area contributed by atoms with Crippen LogP contribution in [0.4, 0.5) is 0 Å². The highest BCUT2D eigenvalue weighted by Gasteiger charge is 2.37. The maximum absolute atomic E-state index is 13.2. The lowest BCUT2D eigenvalue weighted by Gasteiger charge is -2.35. The minimum atomic E-state index is 0.0522. The molecule has 5 heterocycles. The lowest BCUT2D eigenvalue weighted by Crippen LogP contribution is -2.47. The SMILES string of the molecule is O=C(c1cn2cccnc2n1)N1C[C@H]2CC[C@@H]1CN(CCCc1ccccc1)C2. The number of hydrogen-bond donors (Lipinski definition) is 0. The van der Waals surface area contributed by atoms with Gasteiger partial charge < -0.3 is 9.80 Å². The van der Waals surface area contributed by atoms with Crippen LogP contribution in [0.25, 0.3) is 5.78 Å². The first-order valence-electron chi connectivity index (χ1n) is 10.6. The molecule has 3 aliphatic rings. The summed E-state index contributed by atoms with van der Waals surface area (Å²) >= 11 is 0. The number of amides is 1. The summed E-state index contributed by atoms with van der Waals surface area (Å²) in [6.07, 6.45) is 9.99. The van der Waals surface area contributed by atoms with Crippen LogP contribution < -0.4 is 0 Å². The van der Waals surface area contributed by atoms with Gasteiger partial charge in [0.1, 0.15) is 5.69 Å². The number of carbonyl (C=O) groups is 1. The average molecular weight is 390 g/mol. The highest BCUT2D eigenvalue weighted by atomic mass is 16.2. The molecule has 0 saturated carbocycles. The Labute approximate surface area is 171 Å². The molecule has 2 atom stereocenters. The Morgan fingerprint density at radius 3 is 2.83 bits per heavy atom. The van der Waals surface area contributed by atoms with Gasteiger partial charge in [0.05, 0.1) is 0 Å². The summed E-state index contributed by atoms with van der Waals surface area (Å²) in [5, 5.41) is 0. The number of benzene rings is 1. The Morgan fingerprint density at radius 2 is 1.97 bits per heavy atom. The third-order valence-electron chi connectivity index (χ3n) is 6.29. The van der Waals surface area contributed by atoms with Crippen molar-refractivity contribution in [3.8, 4) is 0 Å². The summed E-state index contributed by atoms with van der Waals surface area (Å²) in [6, 6.07) is 12.8. The summed E-state index contributed by atoms with van der Waals surface area (Å²) in [6.45, 7) is 4.02. The summed E-state index contributed by atoms with van der Waals surface area (Å²) in [7, 11) is 0. The van der Waals surface area contributed by atoms with Crippen LogP contribution in [-0.2, 0) is 6.42 Å². The zero-order valence-electron chi connectivity index (χ0n) is 16.7. The van der Waals surface area contributed by atoms with Gasteiger partial charge in [-0.05, 0) is 49.8 Å². The van der Waals surface area contributed by atoms with Crippen LogP contribution in [-0.4, -0.2) is 62.3 Å². The third kappa shape index (κ3) is 3.90. The second-order valence-corrected chi connectivity index (χ2v) is 8.36. The van der Waals surface area contributed by atoms with Gasteiger partial charge in [0.25, 0.3) is 5.91 Å². The molecule has 0 aliphatic carbocycles. The molecule has 6 nitrogen and oxygen atoms in total. The highest BCUT2D eigenvalue weighted by Crippen LogP contribution is 2.29. The van der Waals surface area contributed by atoms with Crippen LogP contribution in [0.2, 0.25) is 0 Å². The zero-order chi connectivity index (χ0) is 19.6. The molecule has 0 radical (unpaired) electrons. The van der Waals surface area contributed by atoms with E-state index in [0.29, 0.717) is 17.4 Å². The Morgan fingerprint density at radius 1 is 1.07 bits per heavy atom. The van der Waals surface area contributed by atoms with E-state index in [1.165, 1.54) is 12.0 Å². The lowest BCUT2D eigenvalue weighted by atomic mass is 9.95. The van der Waals surface area contributed by atoms with Gasteiger partial charge in [-0.15, -0.1) is 0 Å². The molecule has 29 heavy (non-hydrogen) atoms. The van der Waals surface area contributed by atoms with Gasteiger partial charge in [-0.1, -0.05) is 30.3 Å². The summed E-state index contributed by atoms with van der Waals surface area (Å²) in [4.78, 5) is 26.6. The van der Waals surface area contributed by atoms with Crippen molar-refractivity contribution in [1.82, 2.24) is 24.2 Å². The Kier molecular flexibility index (Phi) is 5.02. The van der Waals surface area contributed by atoms with Crippen molar-refractivity contribution >= 4 is 11.7 Å². The monoisotopic (exact) mass is 389 g/mol. The van der Waals surface area contributed by atoms with Gasteiger partial charge in [-0.2, -0.15) is 0 Å². The van der Waals surface area contributed by atoms with Crippen molar-refractivity contribution in [3.63, 3.8) is 0 Å². The number of rotatable bonds is 5. The molecular formula is C23H27N5O. The Balaban J connectivity index is 1.24. The van der Waals surface area contributed by atoms with E-state index in [2.05, 4.69) is 50.1 Å². The number of imidazole rings is 1. The molecule has 150 valence electrons. The second kappa shape index (κ2) is 7.95. The molecule has 1 amide bonds. The van der Waals surface area contributed by atoms with E-state index < -0.39 is 0 Å². The Bertz CT molecular complexity index is 952. The molecule has 3 fully saturated rings. The lowest BCUT2D eigenvalue weighted by molar-refractivity contribution is 0.0580. The molecule has 0 N–H and O–H groups in total. The minimum absolute atomic E-state index is 0.0522. The standard InChI is InChI=1S/C23H27N5O/c29-22(21-17-27-13-5-11-24-23(27)25-21)28-15-19-9-10-20(28)16-26(14-19)12-4-8-18-6-2-1-3-7-18/h1-3,5-7,11,13,17,19-20H,4,8-10,12,14-16H2/t19-,20+/m0/s1. The summed E-state index contributed by atoms with van der Waals surface area (Å²) < 4.78 is 1.82. The van der Waals surface area contributed by atoms with Crippen molar-refractivity contribution in [2.75, 3.05) is 26.2 Å². The van der Waals surface area contributed by atoms with Gasteiger partial charge in [-0.25, -0.2) is 9.97 Å². The number of piperidine rings is 1. The van der Waals surface area contributed by atoms with Crippen LogP contribution in [0.1, 0.15) is 35.3 Å². The molecule has 3 aromatic rings. The van der Waals surface area contributed by atoms with Crippen molar-refractivity contribution in [3.05, 3.63) is 66.2 Å². The fraction of sp³-hybridized carbons (Fsp3) is 0.435. The maximum Gasteiger partial charge on any atom is 0.274 e. The number of carbonyl (C=O) groups excluding carboxylic acids is 1. The van der Waals surface area contributed by atoms with Crippen molar-refractivity contribution in [2.45, 2.75) is 31.7 Å². The van der Waals surface area contributed by atoms with Gasteiger partial charge in [-0.3, -0.25) is 9.20 Å². The molecule has 2 aromatic heterocycles. The first kappa shape index (κ1) is 18.3. The van der Waals surface area contributed by atoms with Crippen LogP contribution in [0.15, 0.2) is 55.0 Å². The van der Waals surface area contributed by atoms with E-state index in [1.54, 1.807) is 12.4 Å². The number of hydrogen-bond acceptors (Lipinski definition) is 4. The van der Waals surface area contributed by atoms with E-state index >= 15 is 0 Å². The minimum Gasteiger partial charge on any atom is -0.333 e. The fourth-order valence-corrected chi connectivity index (χ4v) is 4.84. The molecule has 6 rings (SSSR count). The van der Waals surface area contributed by atoms with Crippen LogP contribution in [0, 0.1) is 5.92 Å². The molecule has 1 aromatic carbocycles. The number of aromatic nitrogens is 3. The van der Waals surface area contributed by atoms with Gasteiger partial charge in [0.2, 0.25) is 5.78 Å². The zero-order valence-corrected chi connectivity index (χ0v) is 16.7. The average Bonchev–Trinajstić information content (AvgIpc) is 2.99. The van der Waals surface area contributed by atoms with E-state index in [0.717, 1.165) is 45.4 Å².